The number of rotatable bonds is 9. The highest BCUT2D eigenvalue weighted by Crippen LogP contribution is 2.42. The van der Waals surface area contributed by atoms with E-state index in [1.165, 1.54) is 60.0 Å². The van der Waals surface area contributed by atoms with Crippen molar-refractivity contribution in [3.8, 4) is 0 Å². The Labute approximate surface area is 350 Å². The number of hydrogen-bond acceptors (Lipinski definition) is 1. The van der Waals surface area contributed by atoms with Crippen LogP contribution >= 0.6 is 7.05 Å². The summed E-state index contributed by atoms with van der Waals surface area (Å²) in [4.78, 5) is 0. The molecule has 1 heterocycles. The fourth-order valence-corrected chi connectivity index (χ4v) is 12.1. The lowest BCUT2D eigenvalue weighted by Crippen LogP contribution is -2.74. The molecule has 1 atom stereocenters. The van der Waals surface area contributed by atoms with Gasteiger partial charge in [0.1, 0.15) is 17.3 Å². The monoisotopic (exact) mass is 785 g/mol. The molecule has 59 heavy (non-hydrogen) atoms. The summed E-state index contributed by atoms with van der Waals surface area (Å²) in [6.45, 7) is 11.5. The van der Waals surface area contributed by atoms with E-state index in [4.69, 9.17) is 4.42 Å². The largest absolute Gasteiger partial charge is 0.455 e. The average Bonchev–Trinajstić information content (AvgIpc) is 3.68. The van der Waals surface area contributed by atoms with Gasteiger partial charge in [-0.2, -0.15) is 21.9 Å². The Morgan fingerprint density at radius 1 is 0.424 bits per heavy atom. The molecule has 0 saturated heterocycles. The molecule has 9 rings (SSSR count). The zero-order chi connectivity index (χ0) is 40.8. The molecule has 0 saturated carbocycles. The maximum Gasteiger partial charge on any atom is 0.206 e. The highest BCUT2D eigenvalue weighted by Gasteiger charge is 2.33. The molecule has 0 fully saturated rings. The number of hydrogen-bond donors (Lipinski definition) is 1. The van der Waals surface area contributed by atoms with E-state index in [9.17, 15) is 0 Å². The predicted octanol–water partition coefficient (Wildman–Crippen LogP) is 10.1. The van der Waals surface area contributed by atoms with E-state index in [1.807, 2.05) is 6.07 Å². The lowest BCUT2D eigenvalue weighted by atomic mass is 9.13. The second-order valence-electron chi connectivity index (χ2n) is 16.3. The van der Waals surface area contributed by atoms with Gasteiger partial charge in [-0.3, -0.25) is 0 Å². The van der Waals surface area contributed by atoms with Crippen molar-refractivity contribution in [2.75, 3.05) is 6.66 Å². The fraction of sp³-hybridized carbons (Fsp3) is 0.127. The molecule has 2 nitrogen and oxygen atoms in total. The zero-order valence-corrected chi connectivity index (χ0v) is 35.7. The smallest absolute Gasteiger partial charge is 0.206 e. The van der Waals surface area contributed by atoms with Crippen molar-refractivity contribution in [3.63, 3.8) is 0 Å². The van der Waals surface area contributed by atoms with E-state index >= 15 is 0 Å². The van der Waals surface area contributed by atoms with Crippen LogP contribution in [0.3, 0.4) is 0 Å². The molecule has 0 unspecified atom stereocenters. The van der Waals surface area contributed by atoms with Gasteiger partial charge in [0.25, 0.3) is 0 Å². The maximum atomic E-state index is 6.53. The fourth-order valence-electron chi connectivity index (χ4n) is 9.10. The summed E-state index contributed by atoms with van der Waals surface area (Å²) in [6.07, 6.45) is -1.22. The number of benzene rings is 8. The molecule has 0 aliphatic heterocycles. The van der Waals surface area contributed by atoms with Crippen LogP contribution in [0, 0.1) is 0 Å². The second kappa shape index (κ2) is 17.4. The van der Waals surface area contributed by atoms with Gasteiger partial charge in [0.05, 0.1) is 5.30 Å². The number of para-hydroxylation sites is 3. The highest BCUT2D eigenvalue weighted by atomic mass is 31.2. The van der Waals surface area contributed by atoms with Crippen molar-refractivity contribution in [1.82, 2.24) is 0 Å². The summed E-state index contributed by atoms with van der Waals surface area (Å²) >= 11 is 0. The summed E-state index contributed by atoms with van der Waals surface area (Å²) in [6, 6.07) is 76.1. The van der Waals surface area contributed by atoms with Gasteiger partial charge in [-0.15, -0.1) is 0 Å². The minimum Gasteiger partial charge on any atom is -0.455 e. The van der Waals surface area contributed by atoms with Crippen molar-refractivity contribution >= 4 is 73.3 Å². The average molecular weight is 786 g/mol. The van der Waals surface area contributed by atoms with E-state index in [0.717, 1.165) is 11.2 Å². The summed E-state index contributed by atoms with van der Waals surface area (Å²) < 4.78 is 10.7. The van der Waals surface area contributed by atoms with Gasteiger partial charge in [-0.05, 0) is 36.1 Å². The van der Waals surface area contributed by atoms with Crippen LogP contribution in [-0.2, 0) is 0 Å². The van der Waals surface area contributed by atoms with Gasteiger partial charge >= 0.3 is 0 Å². The first-order valence-electron chi connectivity index (χ1n) is 20.9. The molecule has 9 aromatic rings. The van der Waals surface area contributed by atoms with E-state index in [2.05, 4.69) is 245 Å². The Hall–Kier alpha value is -6.15. The maximum absolute atomic E-state index is 6.53. The number of fused-ring (bicyclic) bond motifs is 3. The molecule has 1 N–H and O–H groups in total. The van der Waals surface area contributed by atoms with Crippen molar-refractivity contribution < 1.29 is 9.16 Å². The molecule has 0 aliphatic carbocycles. The third-order valence-corrected chi connectivity index (χ3v) is 15.4. The lowest BCUT2D eigenvalue weighted by Gasteiger charge is -2.44. The molecule has 0 spiro atoms. The van der Waals surface area contributed by atoms with E-state index in [-0.39, 0.29) is 0 Å². The Bertz CT molecular complexity index is 2640. The Kier molecular flexibility index (Phi) is 11.7. The van der Waals surface area contributed by atoms with Gasteiger partial charge in [-0.25, -0.2) is 4.74 Å². The van der Waals surface area contributed by atoms with Crippen molar-refractivity contribution in [2.24, 2.45) is 0 Å². The van der Waals surface area contributed by atoms with E-state index < -0.39 is 13.2 Å². The Morgan fingerprint density at radius 3 is 1.27 bits per heavy atom. The molecule has 8 aromatic carbocycles. The van der Waals surface area contributed by atoms with E-state index in [0.29, 0.717) is 11.8 Å². The normalized spacial score (nSPS) is 12.6. The van der Waals surface area contributed by atoms with Gasteiger partial charge in [-0.1, -0.05) is 216 Å². The van der Waals surface area contributed by atoms with Crippen LogP contribution in [0.2, 0.25) is 0 Å². The topological polar surface area (TPSA) is 27.1 Å². The first kappa shape index (κ1) is 39.7. The Morgan fingerprint density at radius 2 is 0.814 bits per heavy atom. The molecular weight excluding hydrogens is 732 g/mol. The molecular formula is C55H53BNOP. The van der Waals surface area contributed by atoms with Crippen molar-refractivity contribution in [2.45, 2.75) is 39.5 Å². The summed E-state index contributed by atoms with van der Waals surface area (Å²) in [5, 5.41) is 4.92. The van der Waals surface area contributed by atoms with Crippen LogP contribution in [0.25, 0.3) is 21.9 Å². The Balaban J connectivity index is 0.000000172. The predicted molar refractivity (Wildman–Crippen MR) is 258 cm³/mol. The van der Waals surface area contributed by atoms with Gasteiger partial charge < -0.3 is 4.42 Å². The molecule has 4 heteroatoms. The standard InChI is InChI=1S/C31H32NOP.C24H20B/c1-21(2)24-16-11-17-25(22(3)4)30(24)32-34(5,23-13-7-6-8-14-23)29-20-12-18-27-26-15-9-10-19-28(26)33-31(27)29;1-5-13-21(14-6-1)25(22-15-7-2-8-16-22,23-17-9-3-10-18-23)24-19-11-4-12-20-24/h6-22H,1-5H3;1-20H/q;-1/p+1/t34-;/m0./s1. The third kappa shape index (κ3) is 7.64. The lowest BCUT2D eigenvalue weighted by molar-refractivity contribution is -0.329. The minimum atomic E-state index is -2.07. The molecule has 1 aromatic heterocycles. The SMILES string of the molecule is CC(C)c1cccc(C(C)C)c1[NH+]=[P@@](C)(c1ccccc1)c1cccc2c1oc1ccccc12.c1ccc([B-](c2ccccc2)(c2ccccc2)c2ccccc2)cc1. The van der Waals surface area contributed by atoms with Crippen LogP contribution < -0.4 is 37.2 Å². The van der Waals surface area contributed by atoms with Crippen LogP contribution in [0.5, 0.6) is 0 Å². The number of furan rings is 1. The second-order valence-corrected chi connectivity index (χ2v) is 19.6. The molecule has 292 valence electrons. The summed E-state index contributed by atoms with van der Waals surface area (Å²) in [7, 11) is -2.07. The van der Waals surface area contributed by atoms with Gasteiger partial charge in [0, 0.05) is 33.9 Å². The molecule has 0 bridgehead atoms. The molecule has 0 amide bonds. The first-order chi connectivity index (χ1) is 28.8. The van der Waals surface area contributed by atoms with Crippen molar-refractivity contribution in [1.29, 1.82) is 0 Å². The van der Waals surface area contributed by atoms with Gasteiger partial charge in [0.2, 0.25) is 5.69 Å². The molecule has 0 radical (unpaired) electrons. The van der Waals surface area contributed by atoms with E-state index in [1.54, 1.807) is 0 Å². The zero-order valence-electron chi connectivity index (χ0n) is 34.8. The van der Waals surface area contributed by atoms with Crippen LogP contribution in [0.15, 0.2) is 217 Å². The summed E-state index contributed by atoms with van der Waals surface area (Å²) in [5.74, 6) is 0.847. The van der Waals surface area contributed by atoms with Crippen LogP contribution in [0.1, 0.15) is 50.7 Å². The molecule has 0 aliphatic rings. The van der Waals surface area contributed by atoms with Gasteiger partial charge in [0.15, 0.2) is 7.05 Å². The highest BCUT2D eigenvalue weighted by molar-refractivity contribution is 7.78. The first-order valence-corrected chi connectivity index (χ1v) is 23.2. The number of nitrogens with one attached hydrogen (secondary N) is 1. The third-order valence-electron chi connectivity index (χ3n) is 12.0. The van der Waals surface area contributed by atoms with Crippen LogP contribution in [-0.4, -0.2) is 12.8 Å². The van der Waals surface area contributed by atoms with Crippen LogP contribution in [0.4, 0.5) is 5.69 Å². The van der Waals surface area contributed by atoms with Crippen molar-refractivity contribution in [3.05, 3.63) is 223 Å². The summed E-state index contributed by atoms with van der Waals surface area (Å²) in [5.41, 5.74) is 11.3. The quantitative estimate of drug-likeness (QED) is 0.115. The minimum absolute atomic E-state index is 0.424.